The molecule has 1 saturated heterocycles. The lowest BCUT2D eigenvalue weighted by Crippen LogP contribution is -2.28. The van der Waals surface area contributed by atoms with Gasteiger partial charge in [-0.25, -0.2) is 4.98 Å². The Hall–Kier alpha value is -1.43. The van der Waals surface area contributed by atoms with Crippen molar-refractivity contribution in [3.8, 4) is 0 Å². The van der Waals surface area contributed by atoms with Crippen molar-refractivity contribution in [2.45, 2.75) is 13.3 Å². The Morgan fingerprint density at radius 1 is 1.61 bits per heavy atom. The highest BCUT2D eigenvalue weighted by molar-refractivity contribution is 9.10. The molecule has 6 heteroatoms. The molecule has 1 aromatic heterocycles. The minimum absolute atomic E-state index is 0.0430. The summed E-state index contributed by atoms with van der Waals surface area (Å²) in [5.74, 6) is 0.129. The number of rotatable bonds is 3. The Kier molecular flexibility index (Phi) is 3.96. The molecule has 1 aliphatic rings. The fourth-order valence-electron chi connectivity index (χ4n) is 1.93. The standard InChI is InChI=1S/C12H14BrN3O2/c1-2-16-7-8(5-11(16)17)12(18)15-10-4-3-9(13)6-14-10/h3-4,6,8H,2,5,7H2,1H3,(H,14,15,18). The number of pyridine rings is 1. The Bertz CT molecular complexity index is 461. The van der Waals surface area contributed by atoms with Crippen molar-refractivity contribution in [1.29, 1.82) is 0 Å². The summed E-state index contributed by atoms with van der Waals surface area (Å²) < 4.78 is 0.855. The van der Waals surface area contributed by atoms with E-state index >= 15 is 0 Å². The maximum atomic E-state index is 12.0. The number of nitrogens with one attached hydrogen (secondary N) is 1. The maximum absolute atomic E-state index is 12.0. The van der Waals surface area contributed by atoms with Crippen LogP contribution < -0.4 is 5.32 Å². The predicted octanol–water partition coefficient (Wildman–Crippen LogP) is 1.65. The van der Waals surface area contributed by atoms with Crippen molar-refractivity contribution in [2.24, 2.45) is 5.92 Å². The van der Waals surface area contributed by atoms with E-state index in [-0.39, 0.29) is 24.2 Å². The van der Waals surface area contributed by atoms with Crippen LogP contribution in [-0.4, -0.2) is 34.8 Å². The van der Waals surface area contributed by atoms with Gasteiger partial charge >= 0.3 is 0 Å². The average Bonchev–Trinajstić information content (AvgIpc) is 2.73. The Morgan fingerprint density at radius 2 is 2.39 bits per heavy atom. The van der Waals surface area contributed by atoms with Crippen molar-refractivity contribution in [3.63, 3.8) is 0 Å². The van der Waals surface area contributed by atoms with Gasteiger partial charge in [0.15, 0.2) is 0 Å². The van der Waals surface area contributed by atoms with E-state index in [4.69, 9.17) is 0 Å². The fourth-order valence-corrected chi connectivity index (χ4v) is 2.17. The van der Waals surface area contributed by atoms with Gasteiger partial charge in [0.05, 0.1) is 5.92 Å². The van der Waals surface area contributed by atoms with E-state index in [1.807, 2.05) is 6.92 Å². The number of nitrogens with zero attached hydrogens (tertiary/aromatic N) is 2. The molecule has 0 radical (unpaired) electrons. The number of carbonyl (C=O) groups is 2. The number of carbonyl (C=O) groups excluding carboxylic acids is 2. The van der Waals surface area contributed by atoms with Gasteiger partial charge in [0.2, 0.25) is 11.8 Å². The summed E-state index contributed by atoms with van der Waals surface area (Å²) in [6, 6.07) is 3.52. The van der Waals surface area contributed by atoms with Gasteiger partial charge in [-0.15, -0.1) is 0 Å². The molecule has 2 heterocycles. The number of anilines is 1. The van der Waals surface area contributed by atoms with E-state index in [0.717, 1.165) is 4.47 Å². The van der Waals surface area contributed by atoms with E-state index in [2.05, 4.69) is 26.2 Å². The minimum Gasteiger partial charge on any atom is -0.342 e. The summed E-state index contributed by atoms with van der Waals surface area (Å²) in [6.45, 7) is 3.06. The molecule has 1 N–H and O–H groups in total. The number of likely N-dealkylation sites (tertiary alicyclic amines) is 1. The molecule has 0 aromatic carbocycles. The first-order chi connectivity index (χ1) is 8.60. The third-order valence-electron chi connectivity index (χ3n) is 2.95. The molecule has 0 bridgehead atoms. The summed E-state index contributed by atoms with van der Waals surface area (Å²) in [6.07, 6.45) is 1.91. The van der Waals surface area contributed by atoms with Crippen LogP contribution in [0.2, 0.25) is 0 Å². The summed E-state index contributed by atoms with van der Waals surface area (Å²) in [4.78, 5) is 29.3. The lowest BCUT2D eigenvalue weighted by Gasteiger charge is -2.13. The van der Waals surface area contributed by atoms with Gasteiger partial charge < -0.3 is 10.2 Å². The number of halogens is 1. The second-order valence-electron chi connectivity index (χ2n) is 4.18. The van der Waals surface area contributed by atoms with Gasteiger partial charge in [-0.2, -0.15) is 0 Å². The first-order valence-electron chi connectivity index (χ1n) is 5.80. The Morgan fingerprint density at radius 3 is 2.94 bits per heavy atom. The second kappa shape index (κ2) is 5.48. The summed E-state index contributed by atoms with van der Waals surface area (Å²) >= 11 is 3.28. The topological polar surface area (TPSA) is 62.3 Å². The molecule has 1 atom stereocenters. The molecule has 2 amide bonds. The highest BCUT2D eigenvalue weighted by Gasteiger charge is 2.33. The molecule has 2 rings (SSSR count). The lowest BCUT2D eigenvalue weighted by atomic mass is 10.1. The molecule has 1 aliphatic heterocycles. The van der Waals surface area contributed by atoms with Gasteiger partial charge in [0.1, 0.15) is 5.82 Å². The van der Waals surface area contributed by atoms with Crippen LogP contribution in [0.3, 0.4) is 0 Å². The quantitative estimate of drug-likeness (QED) is 0.923. The zero-order valence-electron chi connectivity index (χ0n) is 10.0. The highest BCUT2D eigenvalue weighted by Crippen LogP contribution is 2.19. The number of hydrogen-bond acceptors (Lipinski definition) is 3. The van der Waals surface area contributed by atoms with Gasteiger partial charge in [-0.1, -0.05) is 0 Å². The number of aromatic nitrogens is 1. The first kappa shape index (κ1) is 13.0. The van der Waals surface area contributed by atoms with Gasteiger partial charge in [0, 0.05) is 30.2 Å². The van der Waals surface area contributed by atoms with E-state index in [1.54, 1.807) is 23.2 Å². The molecule has 1 fully saturated rings. The summed E-state index contributed by atoms with van der Waals surface area (Å²) in [5.41, 5.74) is 0. The van der Waals surface area contributed by atoms with Crippen LogP contribution in [0.25, 0.3) is 0 Å². The van der Waals surface area contributed by atoms with Gasteiger partial charge in [-0.3, -0.25) is 9.59 Å². The first-order valence-corrected chi connectivity index (χ1v) is 6.59. The van der Waals surface area contributed by atoms with Crippen molar-refractivity contribution in [2.75, 3.05) is 18.4 Å². The van der Waals surface area contributed by atoms with E-state index < -0.39 is 0 Å². The Balaban J connectivity index is 1.97. The molecule has 0 aliphatic carbocycles. The third kappa shape index (κ3) is 2.87. The number of hydrogen-bond donors (Lipinski definition) is 1. The normalized spacial score (nSPS) is 19.1. The molecular formula is C12H14BrN3O2. The molecular weight excluding hydrogens is 298 g/mol. The van der Waals surface area contributed by atoms with Crippen LogP contribution in [-0.2, 0) is 9.59 Å². The minimum atomic E-state index is -0.275. The van der Waals surface area contributed by atoms with E-state index in [1.165, 1.54) is 0 Å². The third-order valence-corrected chi connectivity index (χ3v) is 3.41. The molecule has 1 unspecified atom stereocenters. The van der Waals surface area contributed by atoms with Crippen molar-refractivity contribution in [1.82, 2.24) is 9.88 Å². The molecule has 0 saturated carbocycles. The average molecular weight is 312 g/mol. The van der Waals surface area contributed by atoms with E-state index in [9.17, 15) is 9.59 Å². The molecule has 1 aromatic rings. The molecule has 5 nitrogen and oxygen atoms in total. The van der Waals surface area contributed by atoms with Crippen LogP contribution in [0.5, 0.6) is 0 Å². The van der Waals surface area contributed by atoms with E-state index in [0.29, 0.717) is 18.9 Å². The highest BCUT2D eigenvalue weighted by atomic mass is 79.9. The van der Waals surface area contributed by atoms with Crippen molar-refractivity contribution < 1.29 is 9.59 Å². The molecule has 18 heavy (non-hydrogen) atoms. The SMILES string of the molecule is CCN1CC(C(=O)Nc2ccc(Br)cn2)CC1=O. The Labute approximate surface area is 114 Å². The molecule has 0 spiro atoms. The lowest BCUT2D eigenvalue weighted by molar-refractivity contribution is -0.128. The van der Waals surface area contributed by atoms with Crippen LogP contribution in [0.1, 0.15) is 13.3 Å². The van der Waals surface area contributed by atoms with Crippen LogP contribution >= 0.6 is 15.9 Å². The van der Waals surface area contributed by atoms with Crippen molar-refractivity contribution in [3.05, 3.63) is 22.8 Å². The van der Waals surface area contributed by atoms with Crippen molar-refractivity contribution >= 4 is 33.6 Å². The maximum Gasteiger partial charge on any atom is 0.230 e. The fraction of sp³-hybridized carbons (Fsp3) is 0.417. The summed E-state index contributed by atoms with van der Waals surface area (Å²) in [7, 11) is 0. The molecule has 96 valence electrons. The number of amides is 2. The summed E-state index contributed by atoms with van der Waals surface area (Å²) in [5, 5.41) is 2.73. The smallest absolute Gasteiger partial charge is 0.230 e. The second-order valence-corrected chi connectivity index (χ2v) is 5.10. The largest absolute Gasteiger partial charge is 0.342 e. The monoisotopic (exact) mass is 311 g/mol. The zero-order valence-corrected chi connectivity index (χ0v) is 11.6. The van der Waals surface area contributed by atoms with Gasteiger partial charge in [-0.05, 0) is 35.0 Å². The zero-order chi connectivity index (χ0) is 13.1. The van der Waals surface area contributed by atoms with Crippen LogP contribution in [0.15, 0.2) is 22.8 Å². The predicted molar refractivity (Wildman–Crippen MR) is 70.9 cm³/mol. The van der Waals surface area contributed by atoms with Gasteiger partial charge in [0.25, 0.3) is 0 Å². The van der Waals surface area contributed by atoms with Crippen LogP contribution in [0.4, 0.5) is 5.82 Å². The van der Waals surface area contributed by atoms with Crippen LogP contribution in [0, 0.1) is 5.92 Å².